The number of piperidine rings is 1. The number of benzene rings is 2. The monoisotopic (exact) mass is 493 g/mol. The summed E-state index contributed by atoms with van der Waals surface area (Å²) in [7, 11) is 1.87. The van der Waals surface area contributed by atoms with Gasteiger partial charge in [0.1, 0.15) is 0 Å². The minimum Gasteiger partial charge on any atom is -0.378 e. The maximum absolute atomic E-state index is 5.77. The van der Waals surface area contributed by atoms with E-state index in [2.05, 4.69) is 82.8 Å². The van der Waals surface area contributed by atoms with E-state index >= 15 is 0 Å². The quantitative estimate of drug-likeness (QED) is 0.366. The Balaban J connectivity index is 0.00000280. The van der Waals surface area contributed by atoms with Gasteiger partial charge in [0, 0.05) is 39.2 Å². The standard InChI is InChI=1S/C23H31N3O.HI/c1-3-27-21-14-16-26(17-15-21)23(24-2)25-18-22(19-10-6-4-7-11-19)20-12-8-5-9-13-20;/h4-13,21-22H,3,14-18H2,1-2H3,(H,24,25);1H. The van der Waals surface area contributed by atoms with Crippen molar-refractivity contribution in [2.24, 2.45) is 4.99 Å². The van der Waals surface area contributed by atoms with Gasteiger partial charge in [-0.25, -0.2) is 0 Å². The molecule has 0 amide bonds. The first-order valence-corrected chi connectivity index (χ1v) is 9.99. The highest BCUT2D eigenvalue weighted by molar-refractivity contribution is 14.0. The summed E-state index contributed by atoms with van der Waals surface area (Å²) < 4.78 is 5.77. The maximum atomic E-state index is 5.77. The summed E-state index contributed by atoms with van der Waals surface area (Å²) in [6.07, 6.45) is 2.52. The third-order valence-corrected chi connectivity index (χ3v) is 5.22. The van der Waals surface area contributed by atoms with Crippen LogP contribution in [0.25, 0.3) is 0 Å². The molecule has 3 rings (SSSR count). The normalized spacial score (nSPS) is 15.4. The largest absolute Gasteiger partial charge is 0.378 e. The van der Waals surface area contributed by atoms with E-state index in [1.165, 1.54) is 11.1 Å². The van der Waals surface area contributed by atoms with Crippen LogP contribution in [0, 0.1) is 0 Å². The van der Waals surface area contributed by atoms with Gasteiger partial charge in [0.2, 0.25) is 0 Å². The number of hydrogen-bond acceptors (Lipinski definition) is 2. The molecule has 0 radical (unpaired) electrons. The Bertz CT molecular complexity index is 661. The van der Waals surface area contributed by atoms with E-state index < -0.39 is 0 Å². The zero-order valence-electron chi connectivity index (χ0n) is 16.9. The molecule has 1 aliphatic rings. The lowest BCUT2D eigenvalue weighted by Gasteiger charge is -2.34. The highest BCUT2D eigenvalue weighted by Gasteiger charge is 2.22. The first-order valence-electron chi connectivity index (χ1n) is 9.99. The van der Waals surface area contributed by atoms with Crippen LogP contribution in [0.3, 0.4) is 0 Å². The number of nitrogens with one attached hydrogen (secondary N) is 1. The molecule has 0 unspecified atom stereocenters. The molecule has 1 heterocycles. The Morgan fingerprint density at radius 1 is 1.04 bits per heavy atom. The van der Waals surface area contributed by atoms with Crippen LogP contribution < -0.4 is 5.32 Å². The molecule has 0 aromatic heterocycles. The molecule has 2 aromatic rings. The summed E-state index contributed by atoms with van der Waals surface area (Å²) in [6, 6.07) is 21.4. The van der Waals surface area contributed by atoms with E-state index in [0.717, 1.165) is 45.0 Å². The van der Waals surface area contributed by atoms with Gasteiger partial charge in [-0.2, -0.15) is 0 Å². The van der Waals surface area contributed by atoms with Crippen molar-refractivity contribution < 1.29 is 4.74 Å². The summed E-state index contributed by atoms with van der Waals surface area (Å²) in [4.78, 5) is 6.88. The lowest BCUT2D eigenvalue weighted by Crippen LogP contribution is -2.47. The van der Waals surface area contributed by atoms with Crippen molar-refractivity contribution in [3.05, 3.63) is 71.8 Å². The minimum absolute atomic E-state index is 0. The molecule has 0 saturated carbocycles. The van der Waals surface area contributed by atoms with Crippen LogP contribution >= 0.6 is 24.0 Å². The Morgan fingerprint density at radius 2 is 1.57 bits per heavy atom. The number of likely N-dealkylation sites (tertiary alicyclic amines) is 1. The van der Waals surface area contributed by atoms with E-state index in [4.69, 9.17) is 4.74 Å². The van der Waals surface area contributed by atoms with E-state index in [0.29, 0.717) is 12.0 Å². The Kier molecular flexibility index (Phi) is 9.78. The molecule has 28 heavy (non-hydrogen) atoms. The fraction of sp³-hybridized carbons (Fsp3) is 0.435. The Hall–Kier alpha value is -1.60. The number of nitrogens with zero attached hydrogens (tertiary/aromatic N) is 2. The zero-order valence-corrected chi connectivity index (χ0v) is 19.2. The topological polar surface area (TPSA) is 36.9 Å². The number of ether oxygens (including phenoxy) is 1. The van der Waals surface area contributed by atoms with Crippen LogP contribution in [0.15, 0.2) is 65.7 Å². The lowest BCUT2D eigenvalue weighted by atomic mass is 9.91. The van der Waals surface area contributed by atoms with E-state index in [1.807, 2.05) is 7.05 Å². The van der Waals surface area contributed by atoms with Gasteiger partial charge in [0.15, 0.2) is 5.96 Å². The van der Waals surface area contributed by atoms with Gasteiger partial charge >= 0.3 is 0 Å². The molecular weight excluding hydrogens is 461 g/mol. The van der Waals surface area contributed by atoms with Crippen LogP contribution in [0.4, 0.5) is 0 Å². The average molecular weight is 493 g/mol. The number of guanidine groups is 1. The Labute approximate surface area is 186 Å². The van der Waals surface area contributed by atoms with Crippen molar-refractivity contribution in [3.63, 3.8) is 0 Å². The summed E-state index contributed by atoms with van der Waals surface area (Å²) >= 11 is 0. The van der Waals surface area contributed by atoms with Gasteiger partial charge in [0.25, 0.3) is 0 Å². The van der Waals surface area contributed by atoms with Crippen molar-refractivity contribution in [2.45, 2.75) is 31.8 Å². The van der Waals surface area contributed by atoms with Crippen molar-refractivity contribution in [2.75, 3.05) is 33.3 Å². The van der Waals surface area contributed by atoms with Gasteiger partial charge in [0.05, 0.1) is 6.10 Å². The SMILES string of the molecule is CCOC1CCN(C(=NC)NCC(c2ccccc2)c2ccccc2)CC1.I. The van der Waals surface area contributed by atoms with Gasteiger partial charge in [-0.3, -0.25) is 4.99 Å². The molecule has 2 aromatic carbocycles. The predicted molar refractivity (Wildman–Crippen MR) is 128 cm³/mol. The predicted octanol–water partition coefficient (Wildman–Crippen LogP) is 4.51. The van der Waals surface area contributed by atoms with Crippen LogP contribution in [0.2, 0.25) is 0 Å². The second-order valence-electron chi connectivity index (χ2n) is 6.94. The zero-order chi connectivity index (χ0) is 18.9. The van der Waals surface area contributed by atoms with Crippen LogP contribution in [-0.4, -0.2) is 50.3 Å². The Morgan fingerprint density at radius 3 is 2.04 bits per heavy atom. The molecule has 0 bridgehead atoms. The highest BCUT2D eigenvalue weighted by Crippen LogP contribution is 2.24. The second kappa shape index (κ2) is 12.1. The number of halogens is 1. The van der Waals surface area contributed by atoms with Crippen molar-refractivity contribution >= 4 is 29.9 Å². The highest BCUT2D eigenvalue weighted by atomic mass is 127. The molecular formula is C23H32IN3O. The molecule has 1 aliphatic heterocycles. The summed E-state index contributed by atoms with van der Waals surface area (Å²) in [5.41, 5.74) is 2.64. The van der Waals surface area contributed by atoms with Gasteiger partial charge in [-0.15, -0.1) is 24.0 Å². The molecule has 4 nitrogen and oxygen atoms in total. The molecule has 152 valence electrons. The van der Waals surface area contributed by atoms with Gasteiger partial charge < -0.3 is 15.0 Å². The molecule has 0 spiro atoms. The molecule has 1 N–H and O–H groups in total. The second-order valence-corrected chi connectivity index (χ2v) is 6.94. The van der Waals surface area contributed by atoms with Gasteiger partial charge in [-0.05, 0) is 30.9 Å². The fourth-order valence-corrected chi connectivity index (χ4v) is 3.79. The molecule has 1 saturated heterocycles. The third kappa shape index (κ3) is 6.21. The smallest absolute Gasteiger partial charge is 0.193 e. The summed E-state index contributed by atoms with van der Waals surface area (Å²) in [5, 5.41) is 3.62. The molecule has 1 fully saturated rings. The average Bonchev–Trinajstić information content (AvgIpc) is 2.74. The van der Waals surface area contributed by atoms with Crippen molar-refractivity contribution in [1.82, 2.24) is 10.2 Å². The van der Waals surface area contributed by atoms with Crippen LogP contribution in [0.1, 0.15) is 36.8 Å². The summed E-state index contributed by atoms with van der Waals surface area (Å²) in [5.74, 6) is 1.28. The molecule has 5 heteroatoms. The van der Waals surface area contributed by atoms with E-state index in [9.17, 15) is 0 Å². The van der Waals surface area contributed by atoms with Crippen LogP contribution in [0.5, 0.6) is 0 Å². The minimum atomic E-state index is 0. The molecule has 0 atom stereocenters. The first kappa shape index (κ1) is 22.7. The maximum Gasteiger partial charge on any atom is 0.193 e. The fourth-order valence-electron chi connectivity index (χ4n) is 3.79. The summed E-state index contributed by atoms with van der Waals surface area (Å²) in [6.45, 7) is 5.68. The van der Waals surface area contributed by atoms with Crippen molar-refractivity contribution in [1.29, 1.82) is 0 Å². The number of aliphatic imine (C=N–C) groups is 1. The first-order chi connectivity index (χ1) is 13.3. The lowest BCUT2D eigenvalue weighted by molar-refractivity contribution is 0.0264. The van der Waals surface area contributed by atoms with Crippen LogP contribution in [-0.2, 0) is 4.74 Å². The van der Waals surface area contributed by atoms with E-state index in [-0.39, 0.29) is 24.0 Å². The third-order valence-electron chi connectivity index (χ3n) is 5.22. The van der Waals surface area contributed by atoms with Crippen molar-refractivity contribution in [3.8, 4) is 0 Å². The van der Waals surface area contributed by atoms with Gasteiger partial charge in [-0.1, -0.05) is 60.7 Å². The number of hydrogen-bond donors (Lipinski definition) is 1. The van der Waals surface area contributed by atoms with E-state index in [1.54, 1.807) is 0 Å². The molecule has 0 aliphatic carbocycles. The number of rotatable bonds is 6.